The van der Waals surface area contributed by atoms with Gasteiger partial charge in [-0.05, 0) is 73.9 Å². The van der Waals surface area contributed by atoms with Gasteiger partial charge in [-0.3, -0.25) is 0 Å². The average Bonchev–Trinajstić information content (AvgIpc) is 2.78. The summed E-state index contributed by atoms with van der Waals surface area (Å²) >= 11 is 0. The van der Waals surface area contributed by atoms with E-state index in [1.807, 2.05) is 69.3 Å². The topological polar surface area (TPSA) is 77.4 Å². The smallest absolute Gasteiger partial charge is 0.167 e. The monoisotopic (exact) mass is 427 g/mol. The minimum Gasteiger partial charge on any atom is -0.507 e. The zero-order valence-corrected chi connectivity index (χ0v) is 18.8. The Morgan fingerprint density at radius 1 is 0.562 bits per heavy atom. The van der Waals surface area contributed by atoms with Crippen molar-refractivity contribution in [2.45, 2.75) is 20.8 Å². The Balaban J connectivity index is 2.00. The van der Waals surface area contributed by atoms with Gasteiger partial charge in [0.15, 0.2) is 17.5 Å². The van der Waals surface area contributed by atoms with Crippen molar-refractivity contribution in [2.75, 3.05) is 14.2 Å². The highest BCUT2D eigenvalue weighted by atomic mass is 16.5. The van der Waals surface area contributed by atoms with Crippen LogP contribution in [0.2, 0.25) is 0 Å². The van der Waals surface area contributed by atoms with Crippen LogP contribution in [0, 0.1) is 20.8 Å². The van der Waals surface area contributed by atoms with Gasteiger partial charge in [0.2, 0.25) is 0 Å². The number of hydrogen-bond donors (Lipinski definition) is 1. The normalized spacial score (nSPS) is 10.8. The molecule has 0 fully saturated rings. The highest BCUT2D eigenvalue weighted by Gasteiger charge is 2.19. The van der Waals surface area contributed by atoms with Gasteiger partial charge in [-0.25, -0.2) is 15.0 Å². The molecule has 1 N–H and O–H groups in total. The highest BCUT2D eigenvalue weighted by molar-refractivity contribution is 5.74. The van der Waals surface area contributed by atoms with E-state index in [1.165, 1.54) is 0 Å². The molecule has 6 heteroatoms. The van der Waals surface area contributed by atoms with Gasteiger partial charge in [0.25, 0.3) is 0 Å². The molecule has 1 heterocycles. The zero-order valence-electron chi connectivity index (χ0n) is 18.8. The number of phenols is 1. The fourth-order valence-electron chi connectivity index (χ4n) is 3.53. The minimum absolute atomic E-state index is 0.111. The molecular formula is C26H25N3O3. The van der Waals surface area contributed by atoms with Crippen molar-refractivity contribution in [3.8, 4) is 51.4 Å². The molecular weight excluding hydrogens is 402 g/mol. The van der Waals surface area contributed by atoms with Crippen molar-refractivity contribution in [1.29, 1.82) is 0 Å². The Bertz CT molecular complexity index is 1230. The van der Waals surface area contributed by atoms with Crippen molar-refractivity contribution < 1.29 is 14.6 Å². The molecule has 0 aliphatic heterocycles. The van der Waals surface area contributed by atoms with Crippen LogP contribution in [0.4, 0.5) is 0 Å². The van der Waals surface area contributed by atoms with E-state index in [-0.39, 0.29) is 5.75 Å². The standard InChI is InChI=1S/C26H25N3O3/c1-15-6-9-18(21(30)12-15)24-27-25(19-10-7-16(2)13-22(19)31-4)29-26(28-24)20-11-8-17(3)14-23(20)32-5/h6-14,30H,1-5H3. The number of hydrogen-bond acceptors (Lipinski definition) is 6. The number of phenolic OH excluding ortho intramolecular Hbond substituents is 1. The summed E-state index contributed by atoms with van der Waals surface area (Å²) in [5, 5.41) is 10.6. The second-order valence-corrected chi connectivity index (χ2v) is 7.73. The summed E-state index contributed by atoms with van der Waals surface area (Å²) in [6, 6.07) is 17.1. The first-order chi connectivity index (χ1) is 15.4. The first-order valence-electron chi connectivity index (χ1n) is 10.3. The fourth-order valence-corrected chi connectivity index (χ4v) is 3.53. The Labute approximate surface area is 187 Å². The minimum atomic E-state index is 0.111. The lowest BCUT2D eigenvalue weighted by molar-refractivity contribution is 0.415. The van der Waals surface area contributed by atoms with Crippen LogP contribution in [-0.4, -0.2) is 34.3 Å². The maximum Gasteiger partial charge on any atom is 0.167 e. The molecule has 0 saturated heterocycles. The van der Waals surface area contributed by atoms with E-state index in [1.54, 1.807) is 20.3 Å². The third-order valence-electron chi connectivity index (χ3n) is 5.23. The third kappa shape index (κ3) is 4.12. The van der Waals surface area contributed by atoms with Crippen LogP contribution in [0.25, 0.3) is 34.2 Å². The molecule has 0 spiro atoms. The largest absolute Gasteiger partial charge is 0.507 e. The van der Waals surface area contributed by atoms with E-state index >= 15 is 0 Å². The maximum absolute atomic E-state index is 10.6. The molecule has 1 aromatic heterocycles. The summed E-state index contributed by atoms with van der Waals surface area (Å²) in [5.41, 5.74) is 5.08. The first kappa shape index (κ1) is 21.3. The lowest BCUT2D eigenvalue weighted by Gasteiger charge is -2.13. The van der Waals surface area contributed by atoms with E-state index in [9.17, 15) is 5.11 Å². The van der Waals surface area contributed by atoms with E-state index in [4.69, 9.17) is 24.4 Å². The van der Waals surface area contributed by atoms with Crippen LogP contribution >= 0.6 is 0 Å². The number of aromatic nitrogens is 3. The molecule has 0 aliphatic carbocycles. The van der Waals surface area contributed by atoms with Crippen LogP contribution in [0.1, 0.15) is 16.7 Å². The van der Waals surface area contributed by atoms with Crippen LogP contribution in [-0.2, 0) is 0 Å². The number of rotatable bonds is 5. The van der Waals surface area contributed by atoms with Gasteiger partial charge in [-0.1, -0.05) is 18.2 Å². The van der Waals surface area contributed by atoms with Gasteiger partial charge in [0.1, 0.15) is 17.2 Å². The van der Waals surface area contributed by atoms with Crippen molar-refractivity contribution in [3.05, 3.63) is 71.3 Å². The second kappa shape index (κ2) is 8.67. The summed E-state index contributed by atoms with van der Waals surface area (Å²) in [7, 11) is 3.24. The van der Waals surface area contributed by atoms with Gasteiger partial charge in [-0.2, -0.15) is 0 Å². The number of nitrogens with zero attached hydrogens (tertiary/aromatic N) is 3. The summed E-state index contributed by atoms with van der Waals surface area (Å²) in [6.07, 6.45) is 0. The van der Waals surface area contributed by atoms with Crippen molar-refractivity contribution in [1.82, 2.24) is 15.0 Å². The lowest BCUT2D eigenvalue weighted by atomic mass is 10.1. The molecule has 4 rings (SSSR count). The molecule has 3 aromatic carbocycles. The number of benzene rings is 3. The number of aromatic hydroxyl groups is 1. The Hall–Kier alpha value is -3.93. The summed E-state index contributed by atoms with van der Waals surface area (Å²) in [6.45, 7) is 5.91. The van der Waals surface area contributed by atoms with E-state index < -0.39 is 0 Å². The molecule has 6 nitrogen and oxygen atoms in total. The van der Waals surface area contributed by atoms with Crippen LogP contribution < -0.4 is 9.47 Å². The number of methoxy groups -OCH3 is 2. The van der Waals surface area contributed by atoms with Gasteiger partial charge in [0.05, 0.1) is 30.9 Å². The summed E-state index contributed by atoms with van der Waals surface area (Å²) in [5.74, 6) is 2.70. The van der Waals surface area contributed by atoms with Crippen LogP contribution in [0.15, 0.2) is 54.6 Å². The molecule has 0 aliphatic rings. The average molecular weight is 428 g/mol. The molecule has 4 aromatic rings. The van der Waals surface area contributed by atoms with Gasteiger partial charge in [-0.15, -0.1) is 0 Å². The van der Waals surface area contributed by atoms with Crippen molar-refractivity contribution >= 4 is 0 Å². The van der Waals surface area contributed by atoms with Crippen molar-refractivity contribution in [2.24, 2.45) is 0 Å². The highest BCUT2D eigenvalue weighted by Crippen LogP contribution is 2.35. The quantitative estimate of drug-likeness (QED) is 0.452. The molecule has 32 heavy (non-hydrogen) atoms. The number of ether oxygens (including phenoxy) is 2. The SMILES string of the molecule is COc1cc(C)ccc1-c1nc(-c2ccc(C)cc2O)nc(-c2ccc(C)cc2OC)n1. The van der Waals surface area contributed by atoms with Gasteiger partial charge in [0, 0.05) is 0 Å². The van der Waals surface area contributed by atoms with Crippen molar-refractivity contribution in [3.63, 3.8) is 0 Å². The molecule has 0 amide bonds. The van der Waals surface area contributed by atoms with Crippen LogP contribution in [0.5, 0.6) is 17.2 Å². The summed E-state index contributed by atoms with van der Waals surface area (Å²) in [4.78, 5) is 14.2. The molecule has 0 atom stereocenters. The predicted molar refractivity (Wildman–Crippen MR) is 125 cm³/mol. The van der Waals surface area contributed by atoms with E-state index in [0.717, 1.165) is 27.8 Å². The van der Waals surface area contributed by atoms with E-state index in [2.05, 4.69) is 0 Å². The van der Waals surface area contributed by atoms with E-state index in [0.29, 0.717) is 34.5 Å². The fraction of sp³-hybridized carbons (Fsp3) is 0.192. The first-order valence-corrected chi connectivity index (χ1v) is 10.3. The molecule has 0 radical (unpaired) electrons. The zero-order chi connectivity index (χ0) is 22.8. The number of aryl methyl sites for hydroxylation is 3. The van der Waals surface area contributed by atoms with Crippen LogP contribution in [0.3, 0.4) is 0 Å². The molecule has 0 saturated carbocycles. The predicted octanol–water partition coefficient (Wildman–Crippen LogP) is 5.52. The Kier molecular flexibility index (Phi) is 5.77. The second-order valence-electron chi connectivity index (χ2n) is 7.73. The Morgan fingerprint density at radius 3 is 1.34 bits per heavy atom. The molecule has 0 unspecified atom stereocenters. The molecule has 162 valence electrons. The maximum atomic E-state index is 10.6. The molecule has 0 bridgehead atoms. The summed E-state index contributed by atoms with van der Waals surface area (Å²) < 4.78 is 11.2. The Morgan fingerprint density at radius 2 is 0.938 bits per heavy atom. The van der Waals surface area contributed by atoms with Gasteiger partial charge < -0.3 is 14.6 Å². The van der Waals surface area contributed by atoms with Gasteiger partial charge >= 0.3 is 0 Å². The third-order valence-corrected chi connectivity index (χ3v) is 5.23. The lowest BCUT2D eigenvalue weighted by Crippen LogP contribution is -2.02.